The molecule has 0 saturated carbocycles. The Kier molecular flexibility index (Phi) is 7.81. The molecule has 0 unspecified atom stereocenters. The average molecular weight is 447 g/mol. The predicted octanol–water partition coefficient (Wildman–Crippen LogP) is 4.87. The summed E-state index contributed by atoms with van der Waals surface area (Å²) in [5.74, 6) is -0.438. The smallest absolute Gasteiger partial charge is 0.338 e. The van der Waals surface area contributed by atoms with Crippen LogP contribution in [0.3, 0.4) is 0 Å². The van der Waals surface area contributed by atoms with Crippen molar-refractivity contribution < 1.29 is 23.9 Å². The van der Waals surface area contributed by atoms with Crippen LogP contribution < -0.4 is 15.4 Å². The lowest BCUT2D eigenvalue weighted by molar-refractivity contribution is -0.119. The molecule has 7 nitrogen and oxygen atoms in total. The number of hydrogen-bond acceptors (Lipinski definition) is 5. The van der Waals surface area contributed by atoms with E-state index in [9.17, 15) is 14.4 Å². The number of carbonyl (C=O) groups is 3. The van der Waals surface area contributed by atoms with Gasteiger partial charge in [-0.1, -0.05) is 38.1 Å². The van der Waals surface area contributed by atoms with E-state index in [4.69, 9.17) is 9.47 Å². The number of esters is 1. The van der Waals surface area contributed by atoms with Gasteiger partial charge in [0.1, 0.15) is 5.75 Å². The molecule has 7 heteroatoms. The van der Waals surface area contributed by atoms with Gasteiger partial charge in [0.05, 0.1) is 18.4 Å². The van der Waals surface area contributed by atoms with Crippen LogP contribution in [0.1, 0.15) is 46.0 Å². The molecule has 0 bridgehead atoms. The minimum atomic E-state index is -0.566. The Labute approximate surface area is 192 Å². The Morgan fingerprint density at radius 1 is 0.818 bits per heavy atom. The maximum atomic E-state index is 12.5. The summed E-state index contributed by atoms with van der Waals surface area (Å²) in [5, 5.41) is 5.43. The second-order valence-corrected chi connectivity index (χ2v) is 7.63. The largest absolute Gasteiger partial charge is 0.495 e. The van der Waals surface area contributed by atoms with Gasteiger partial charge in [-0.05, 0) is 60.0 Å². The summed E-state index contributed by atoms with van der Waals surface area (Å²) in [6, 6.07) is 20.6. The number of carbonyl (C=O) groups excluding carboxylic acids is 3. The molecule has 3 rings (SSSR count). The van der Waals surface area contributed by atoms with Gasteiger partial charge in [-0.3, -0.25) is 9.59 Å². The van der Waals surface area contributed by atoms with Gasteiger partial charge in [0.2, 0.25) is 0 Å². The predicted molar refractivity (Wildman–Crippen MR) is 127 cm³/mol. The van der Waals surface area contributed by atoms with Crippen LogP contribution in [0.25, 0.3) is 0 Å². The van der Waals surface area contributed by atoms with Gasteiger partial charge in [-0.15, -0.1) is 0 Å². The molecule has 0 aliphatic carbocycles. The summed E-state index contributed by atoms with van der Waals surface area (Å²) in [7, 11) is 1.53. The first-order valence-electron chi connectivity index (χ1n) is 10.5. The fraction of sp³-hybridized carbons (Fsp3) is 0.192. The number of anilines is 2. The highest BCUT2D eigenvalue weighted by Crippen LogP contribution is 2.24. The second-order valence-electron chi connectivity index (χ2n) is 7.63. The molecule has 170 valence electrons. The first-order chi connectivity index (χ1) is 15.9. The number of methoxy groups -OCH3 is 1. The maximum absolute atomic E-state index is 12.5. The molecule has 0 heterocycles. The zero-order valence-corrected chi connectivity index (χ0v) is 18.8. The number of nitrogens with one attached hydrogen (secondary N) is 2. The molecule has 33 heavy (non-hydrogen) atoms. The van der Waals surface area contributed by atoms with Crippen LogP contribution in [-0.2, 0) is 9.53 Å². The number of hydrogen-bond donors (Lipinski definition) is 2. The van der Waals surface area contributed by atoms with Gasteiger partial charge in [-0.2, -0.15) is 0 Å². The van der Waals surface area contributed by atoms with E-state index in [2.05, 4.69) is 24.5 Å². The van der Waals surface area contributed by atoms with Gasteiger partial charge in [-0.25, -0.2) is 4.79 Å². The molecule has 0 atom stereocenters. The topological polar surface area (TPSA) is 93.7 Å². The molecule has 0 aliphatic rings. The monoisotopic (exact) mass is 446 g/mol. The Bertz CT molecular complexity index is 1120. The van der Waals surface area contributed by atoms with E-state index < -0.39 is 18.5 Å². The molecule has 0 saturated heterocycles. The number of rotatable bonds is 8. The van der Waals surface area contributed by atoms with Crippen LogP contribution in [0.4, 0.5) is 11.4 Å². The standard InChI is InChI=1S/C26H26N2O5/c1-17(2)18-8-10-20(11-9-18)26(31)33-16-24(29)27-21-14-12-19(13-15-21)25(30)28-22-6-4-5-7-23(22)32-3/h4-15,17H,16H2,1-3H3,(H,27,29)(H,28,30). The normalized spacial score (nSPS) is 10.4. The second kappa shape index (κ2) is 10.9. The molecule has 0 radical (unpaired) electrons. The maximum Gasteiger partial charge on any atom is 0.338 e. The van der Waals surface area contributed by atoms with Crippen molar-refractivity contribution in [3.63, 3.8) is 0 Å². The van der Waals surface area contributed by atoms with E-state index in [0.29, 0.717) is 34.2 Å². The Morgan fingerprint density at radius 3 is 2.09 bits per heavy atom. The van der Waals surface area contributed by atoms with Gasteiger partial charge < -0.3 is 20.1 Å². The highest BCUT2D eigenvalue weighted by Gasteiger charge is 2.12. The fourth-order valence-electron chi connectivity index (χ4n) is 3.06. The molecule has 0 aromatic heterocycles. The Morgan fingerprint density at radius 2 is 1.45 bits per heavy atom. The average Bonchev–Trinajstić information content (AvgIpc) is 2.83. The van der Waals surface area contributed by atoms with Crippen molar-refractivity contribution in [1.82, 2.24) is 0 Å². The summed E-state index contributed by atoms with van der Waals surface area (Å²) >= 11 is 0. The van der Waals surface area contributed by atoms with Gasteiger partial charge in [0, 0.05) is 11.3 Å². The summed E-state index contributed by atoms with van der Waals surface area (Å²) in [6.45, 7) is 3.72. The van der Waals surface area contributed by atoms with Crippen molar-refractivity contribution in [3.05, 3.63) is 89.5 Å². The summed E-state index contributed by atoms with van der Waals surface area (Å²) in [6.07, 6.45) is 0. The number of para-hydroxylation sites is 2. The van der Waals surface area contributed by atoms with Crippen LogP contribution in [0, 0.1) is 0 Å². The zero-order valence-electron chi connectivity index (χ0n) is 18.8. The first kappa shape index (κ1) is 23.5. The van der Waals surface area contributed by atoms with Gasteiger partial charge >= 0.3 is 5.97 Å². The molecular weight excluding hydrogens is 420 g/mol. The molecule has 0 aliphatic heterocycles. The Balaban J connectivity index is 1.51. The van der Waals surface area contributed by atoms with Crippen molar-refractivity contribution in [2.45, 2.75) is 19.8 Å². The lowest BCUT2D eigenvalue weighted by Gasteiger charge is -2.10. The summed E-state index contributed by atoms with van der Waals surface area (Å²) in [4.78, 5) is 36.8. The van der Waals surface area contributed by atoms with Crippen molar-refractivity contribution in [1.29, 1.82) is 0 Å². The summed E-state index contributed by atoms with van der Waals surface area (Å²) in [5.41, 5.74) is 2.95. The third-order valence-electron chi connectivity index (χ3n) is 4.93. The van der Waals surface area contributed by atoms with E-state index in [0.717, 1.165) is 5.56 Å². The molecule has 2 N–H and O–H groups in total. The SMILES string of the molecule is COc1ccccc1NC(=O)c1ccc(NC(=O)COC(=O)c2ccc(C(C)C)cc2)cc1. The quantitative estimate of drug-likeness (QED) is 0.482. The van der Waals surface area contributed by atoms with Crippen molar-refractivity contribution in [3.8, 4) is 5.75 Å². The van der Waals surface area contributed by atoms with Crippen molar-refractivity contribution >= 4 is 29.2 Å². The van der Waals surface area contributed by atoms with E-state index in [-0.39, 0.29) is 5.91 Å². The number of benzene rings is 3. The van der Waals surface area contributed by atoms with E-state index in [1.165, 1.54) is 7.11 Å². The van der Waals surface area contributed by atoms with Crippen LogP contribution in [-0.4, -0.2) is 31.5 Å². The van der Waals surface area contributed by atoms with Gasteiger partial charge in [0.15, 0.2) is 6.61 Å². The van der Waals surface area contributed by atoms with Gasteiger partial charge in [0.25, 0.3) is 11.8 Å². The molecule has 2 amide bonds. The van der Waals surface area contributed by atoms with E-state index in [1.807, 2.05) is 18.2 Å². The van der Waals surface area contributed by atoms with Crippen molar-refractivity contribution in [2.24, 2.45) is 0 Å². The molecular formula is C26H26N2O5. The third kappa shape index (κ3) is 6.43. The highest BCUT2D eigenvalue weighted by molar-refractivity contribution is 6.05. The van der Waals surface area contributed by atoms with Crippen molar-refractivity contribution in [2.75, 3.05) is 24.4 Å². The minimum absolute atomic E-state index is 0.310. The van der Waals surface area contributed by atoms with Crippen LogP contribution >= 0.6 is 0 Å². The fourth-order valence-corrected chi connectivity index (χ4v) is 3.06. The van der Waals surface area contributed by atoms with Crippen LogP contribution in [0.2, 0.25) is 0 Å². The summed E-state index contributed by atoms with van der Waals surface area (Å²) < 4.78 is 10.3. The molecule has 0 spiro atoms. The first-order valence-corrected chi connectivity index (χ1v) is 10.5. The van der Waals surface area contributed by atoms with E-state index in [1.54, 1.807) is 54.6 Å². The zero-order chi connectivity index (χ0) is 23.8. The molecule has 3 aromatic rings. The van der Waals surface area contributed by atoms with Crippen LogP contribution in [0.15, 0.2) is 72.8 Å². The Hall–Kier alpha value is -4.13. The minimum Gasteiger partial charge on any atom is -0.495 e. The molecule has 3 aromatic carbocycles. The lowest BCUT2D eigenvalue weighted by atomic mass is 10.0. The molecule has 0 fully saturated rings. The third-order valence-corrected chi connectivity index (χ3v) is 4.93. The number of amides is 2. The lowest BCUT2D eigenvalue weighted by Crippen LogP contribution is -2.21. The number of ether oxygens (including phenoxy) is 2. The van der Waals surface area contributed by atoms with Crippen LogP contribution in [0.5, 0.6) is 5.75 Å². The highest BCUT2D eigenvalue weighted by atomic mass is 16.5. The van der Waals surface area contributed by atoms with E-state index >= 15 is 0 Å².